The molecule has 0 aliphatic rings. The zero-order valence-electron chi connectivity index (χ0n) is 13.1. The second-order valence-corrected chi connectivity index (χ2v) is 7.10. The third kappa shape index (κ3) is 4.32. The number of ether oxygens (including phenoxy) is 1. The van der Waals surface area contributed by atoms with Crippen LogP contribution in [0.2, 0.25) is 0 Å². The van der Waals surface area contributed by atoms with Crippen molar-refractivity contribution >= 4 is 10.0 Å². The van der Waals surface area contributed by atoms with Gasteiger partial charge in [0, 0.05) is 6.54 Å². The topological polar surface area (TPSA) is 55.4 Å². The van der Waals surface area contributed by atoms with Crippen molar-refractivity contribution in [1.29, 1.82) is 0 Å². The maximum atomic E-state index is 12.2. The lowest BCUT2D eigenvalue weighted by atomic mass is 10.1. The van der Waals surface area contributed by atoms with Crippen molar-refractivity contribution in [2.45, 2.75) is 25.7 Å². The lowest BCUT2D eigenvalue weighted by Gasteiger charge is -2.11. The molecule has 1 N–H and O–H groups in total. The van der Waals surface area contributed by atoms with Crippen molar-refractivity contribution in [2.24, 2.45) is 0 Å². The monoisotopic (exact) mass is 319 g/mol. The average molecular weight is 319 g/mol. The largest absolute Gasteiger partial charge is 0.492 e. The summed E-state index contributed by atoms with van der Waals surface area (Å²) in [5.74, 6) is 0.787. The number of aryl methyl sites for hydroxylation is 3. The molecule has 0 amide bonds. The molecule has 0 saturated carbocycles. The number of benzene rings is 2. The molecule has 118 valence electrons. The summed E-state index contributed by atoms with van der Waals surface area (Å²) in [5.41, 5.74) is 3.06. The zero-order valence-corrected chi connectivity index (χ0v) is 13.9. The molecule has 4 nitrogen and oxygen atoms in total. The zero-order chi connectivity index (χ0) is 16.2. The van der Waals surface area contributed by atoms with Crippen molar-refractivity contribution in [3.8, 4) is 5.75 Å². The molecule has 0 fully saturated rings. The Morgan fingerprint density at radius 2 is 1.73 bits per heavy atom. The van der Waals surface area contributed by atoms with E-state index in [1.54, 1.807) is 18.2 Å². The maximum Gasteiger partial charge on any atom is 0.240 e. The highest BCUT2D eigenvalue weighted by Crippen LogP contribution is 2.18. The smallest absolute Gasteiger partial charge is 0.240 e. The number of hydrogen-bond acceptors (Lipinski definition) is 3. The van der Waals surface area contributed by atoms with Gasteiger partial charge in [0.1, 0.15) is 12.4 Å². The van der Waals surface area contributed by atoms with Crippen LogP contribution >= 0.6 is 0 Å². The fraction of sp³-hybridized carbons (Fsp3) is 0.294. The molecule has 0 atom stereocenters. The Morgan fingerprint density at radius 3 is 2.45 bits per heavy atom. The Hall–Kier alpha value is -1.85. The van der Waals surface area contributed by atoms with Gasteiger partial charge in [0.25, 0.3) is 0 Å². The predicted octanol–water partition coefficient (Wildman–Crippen LogP) is 2.97. The van der Waals surface area contributed by atoms with E-state index in [2.05, 4.69) is 4.72 Å². The van der Waals surface area contributed by atoms with Crippen molar-refractivity contribution in [3.63, 3.8) is 0 Å². The van der Waals surface area contributed by atoms with Crippen LogP contribution in [-0.2, 0) is 10.0 Å². The number of nitrogens with one attached hydrogen (secondary N) is 1. The third-order valence-electron chi connectivity index (χ3n) is 3.30. The Kier molecular flexibility index (Phi) is 5.21. The second-order valence-electron chi connectivity index (χ2n) is 5.33. The molecule has 5 heteroatoms. The maximum absolute atomic E-state index is 12.2. The van der Waals surface area contributed by atoms with E-state index in [4.69, 9.17) is 4.74 Å². The van der Waals surface area contributed by atoms with Crippen LogP contribution in [-0.4, -0.2) is 21.6 Å². The van der Waals surface area contributed by atoms with Gasteiger partial charge >= 0.3 is 0 Å². The minimum absolute atomic E-state index is 0.226. The summed E-state index contributed by atoms with van der Waals surface area (Å²) >= 11 is 0. The van der Waals surface area contributed by atoms with Crippen LogP contribution in [0.3, 0.4) is 0 Å². The van der Waals surface area contributed by atoms with E-state index >= 15 is 0 Å². The van der Waals surface area contributed by atoms with Gasteiger partial charge in [-0.2, -0.15) is 0 Å². The van der Waals surface area contributed by atoms with E-state index in [0.29, 0.717) is 0 Å². The van der Waals surface area contributed by atoms with Crippen LogP contribution in [0.1, 0.15) is 16.7 Å². The van der Waals surface area contributed by atoms with Gasteiger partial charge in [-0.05, 0) is 55.7 Å². The van der Waals surface area contributed by atoms with Crippen molar-refractivity contribution in [1.82, 2.24) is 4.72 Å². The normalized spacial score (nSPS) is 11.4. The highest BCUT2D eigenvalue weighted by molar-refractivity contribution is 7.89. The van der Waals surface area contributed by atoms with Gasteiger partial charge in [0.15, 0.2) is 0 Å². The van der Waals surface area contributed by atoms with Gasteiger partial charge in [-0.15, -0.1) is 0 Å². The molecule has 0 aliphatic heterocycles. The molecular weight excluding hydrogens is 298 g/mol. The van der Waals surface area contributed by atoms with Gasteiger partial charge < -0.3 is 4.74 Å². The molecule has 22 heavy (non-hydrogen) atoms. The standard InChI is InChI=1S/C17H21NO3S/c1-13-5-4-6-16(11-13)22(19,20)18-9-10-21-17-12-14(2)7-8-15(17)3/h4-8,11-12,18H,9-10H2,1-3H3. The van der Waals surface area contributed by atoms with Crippen LogP contribution in [0.4, 0.5) is 0 Å². The molecule has 2 aromatic rings. The molecule has 0 saturated heterocycles. The molecule has 0 unspecified atom stereocenters. The first-order valence-corrected chi connectivity index (χ1v) is 8.63. The van der Waals surface area contributed by atoms with E-state index in [-0.39, 0.29) is 18.0 Å². The fourth-order valence-corrected chi connectivity index (χ4v) is 3.18. The summed E-state index contributed by atoms with van der Waals surface area (Å²) in [6.07, 6.45) is 0. The van der Waals surface area contributed by atoms with Crippen LogP contribution in [0, 0.1) is 20.8 Å². The average Bonchev–Trinajstić information content (AvgIpc) is 2.47. The Morgan fingerprint density at radius 1 is 1.00 bits per heavy atom. The van der Waals surface area contributed by atoms with Crippen molar-refractivity contribution in [2.75, 3.05) is 13.2 Å². The number of rotatable bonds is 6. The second kappa shape index (κ2) is 6.94. The first kappa shape index (κ1) is 16.5. The van der Waals surface area contributed by atoms with Crippen LogP contribution < -0.4 is 9.46 Å². The summed E-state index contributed by atoms with van der Waals surface area (Å²) in [4.78, 5) is 0.277. The quantitative estimate of drug-likeness (QED) is 0.833. The highest BCUT2D eigenvalue weighted by atomic mass is 32.2. The third-order valence-corrected chi connectivity index (χ3v) is 4.75. The number of sulfonamides is 1. The minimum Gasteiger partial charge on any atom is -0.492 e. The van der Waals surface area contributed by atoms with Crippen molar-refractivity contribution < 1.29 is 13.2 Å². The molecule has 0 aliphatic carbocycles. The van der Waals surface area contributed by atoms with Gasteiger partial charge in [-0.25, -0.2) is 13.1 Å². The molecular formula is C17H21NO3S. The highest BCUT2D eigenvalue weighted by Gasteiger charge is 2.13. The summed E-state index contributed by atoms with van der Waals surface area (Å²) in [7, 11) is -3.49. The Bertz CT molecular complexity index is 754. The van der Waals surface area contributed by atoms with E-state index < -0.39 is 10.0 Å². The van der Waals surface area contributed by atoms with Gasteiger partial charge in [0.05, 0.1) is 4.90 Å². The summed E-state index contributed by atoms with van der Waals surface area (Å²) in [5, 5.41) is 0. The van der Waals surface area contributed by atoms with Crippen LogP contribution in [0.5, 0.6) is 5.75 Å². The Balaban J connectivity index is 1.92. The SMILES string of the molecule is Cc1cccc(S(=O)(=O)NCCOc2cc(C)ccc2C)c1. The van der Waals surface area contributed by atoms with Gasteiger partial charge in [-0.1, -0.05) is 24.3 Å². The van der Waals surface area contributed by atoms with E-state index in [0.717, 1.165) is 22.4 Å². The summed E-state index contributed by atoms with van der Waals surface area (Å²) in [6.45, 7) is 6.33. The minimum atomic E-state index is -3.49. The lowest BCUT2D eigenvalue weighted by molar-refractivity contribution is 0.320. The van der Waals surface area contributed by atoms with E-state index in [1.165, 1.54) is 0 Å². The van der Waals surface area contributed by atoms with Gasteiger partial charge in [-0.3, -0.25) is 0 Å². The van der Waals surface area contributed by atoms with E-state index in [9.17, 15) is 8.42 Å². The Labute approximate surface area is 132 Å². The first-order chi connectivity index (χ1) is 10.4. The van der Waals surface area contributed by atoms with Crippen LogP contribution in [0.15, 0.2) is 47.4 Å². The molecule has 0 heterocycles. The molecule has 0 spiro atoms. The molecule has 0 aromatic heterocycles. The predicted molar refractivity (Wildman–Crippen MR) is 87.8 cm³/mol. The molecule has 2 rings (SSSR count). The van der Waals surface area contributed by atoms with E-state index in [1.807, 2.05) is 45.0 Å². The summed E-state index contributed by atoms with van der Waals surface area (Å²) < 4.78 is 32.5. The van der Waals surface area contributed by atoms with Crippen LogP contribution in [0.25, 0.3) is 0 Å². The lowest BCUT2D eigenvalue weighted by Crippen LogP contribution is -2.28. The number of hydrogen-bond donors (Lipinski definition) is 1. The first-order valence-electron chi connectivity index (χ1n) is 7.15. The van der Waals surface area contributed by atoms with Gasteiger partial charge in [0.2, 0.25) is 10.0 Å². The fourth-order valence-electron chi connectivity index (χ4n) is 2.07. The van der Waals surface area contributed by atoms with Crippen molar-refractivity contribution in [3.05, 3.63) is 59.2 Å². The molecule has 2 aromatic carbocycles. The molecule has 0 radical (unpaired) electrons. The summed E-state index contributed by atoms with van der Waals surface area (Å²) in [6, 6.07) is 12.8. The molecule has 0 bridgehead atoms.